The molecule has 0 saturated carbocycles. The molecule has 100 valence electrons. The fourth-order valence-electron chi connectivity index (χ4n) is 2.32. The maximum atomic E-state index is 5.49. The first-order chi connectivity index (χ1) is 8.74. The molecule has 0 bridgehead atoms. The van der Waals surface area contributed by atoms with Gasteiger partial charge in [0.05, 0.1) is 6.61 Å². The number of nitrogens with one attached hydrogen (secondary N) is 1. The Kier molecular flexibility index (Phi) is 5.02. The van der Waals surface area contributed by atoms with Crippen molar-refractivity contribution in [2.75, 3.05) is 39.2 Å². The van der Waals surface area contributed by atoms with E-state index in [2.05, 4.69) is 48.6 Å². The third-order valence-corrected chi connectivity index (χ3v) is 3.30. The first-order valence-corrected chi connectivity index (χ1v) is 6.79. The van der Waals surface area contributed by atoms with Crippen molar-refractivity contribution in [2.24, 2.45) is 5.92 Å². The number of hydrogen-bond acceptors (Lipinski definition) is 3. The molecule has 1 N–H and O–H groups in total. The monoisotopic (exact) mass is 248 g/mol. The van der Waals surface area contributed by atoms with Crippen LogP contribution < -0.4 is 5.32 Å². The lowest BCUT2D eigenvalue weighted by Gasteiger charge is -2.22. The van der Waals surface area contributed by atoms with Crippen LogP contribution >= 0.6 is 0 Å². The standard InChI is InChI=1S/C15H24N2O/c1-17(2)11-13-5-7-15(8-6-13)16-10-14-4-3-9-18-12-14/h5-8,14,16H,3-4,9-12H2,1-2H3. The van der Waals surface area contributed by atoms with Gasteiger partial charge in [-0.3, -0.25) is 0 Å². The van der Waals surface area contributed by atoms with Gasteiger partial charge in [-0.15, -0.1) is 0 Å². The summed E-state index contributed by atoms with van der Waals surface area (Å²) in [6, 6.07) is 8.73. The summed E-state index contributed by atoms with van der Waals surface area (Å²) in [5.74, 6) is 0.667. The van der Waals surface area contributed by atoms with Crippen molar-refractivity contribution in [3.05, 3.63) is 29.8 Å². The molecule has 18 heavy (non-hydrogen) atoms. The van der Waals surface area contributed by atoms with Gasteiger partial charge in [0.25, 0.3) is 0 Å². The van der Waals surface area contributed by atoms with E-state index < -0.39 is 0 Å². The molecule has 1 aromatic rings. The number of anilines is 1. The van der Waals surface area contributed by atoms with Gasteiger partial charge in [-0.2, -0.15) is 0 Å². The highest BCUT2D eigenvalue weighted by Gasteiger charge is 2.13. The van der Waals surface area contributed by atoms with Crippen molar-refractivity contribution in [3.63, 3.8) is 0 Å². The van der Waals surface area contributed by atoms with Gasteiger partial charge >= 0.3 is 0 Å². The van der Waals surface area contributed by atoms with E-state index >= 15 is 0 Å². The fourth-order valence-corrected chi connectivity index (χ4v) is 2.32. The summed E-state index contributed by atoms with van der Waals surface area (Å²) in [7, 11) is 4.18. The molecular weight excluding hydrogens is 224 g/mol. The zero-order valence-electron chi connectivity index (χ0n) is 11.5. The maximum absolute atomic E-state index is 5.49. The Balaban J connectivity index is 1.78. The van der Waals surface area contributed by atoms with Crippen LogP contribution in [-0.4, -0.2) is 38.8 Å². The number of ether oxygens (including phenoxy) is 1. The second-order valence-corrected chi connectivity index (χ2v) is 5.40. The second-order valence-electron chi connectivity index (χ2n) is 5.40. The van der Waals surface area contributed by atoms with E-state index in [1.54, 1.807) is 0 Å². The molecule has 1 aromatic carbocycles. The number of nitrogens with zero attached hydrogens (tertiary/aromatic N) is 1. The number of benzene rings is 1. The lowest BCUT2D eigenvalue weighted by molar-refractivity contribution is 0.0595. The lowest BCUT2D eigenvalue weighted by atomic mass is 10.0. The highest BCUT2D eigenvalue weighted by Crippen LogP contribution is 2.16. The van der Waals surface area contributed by atoms with E-state index in [0.29, 0.717) is 5.92 Å². The van der Waals surface area contributed by atoms with Crippen LogP contribution in [0.4, 0.5) is 5.69 Å². The van der Waals surface area contributed by atoms with E-state index in [1.165, 1.54) is 24.1 Å². The normalized spacial score (nSPS) is 20.1. The van der Waals surface area contributed by atoms with Crippen LogP contribution in [-0.2, 0) is 11.3 Å². The largest absolute Gasteiger partial charge is 0.385 e. The van der Waals surface area contributed by atoms with Crippen molar-refractivity contribution < 1.29 is 4.74 Å². The van der Waals surface area contributed by atoms with Crippen LogP contribution in [0.25, 0.3) is 0 Å². The van der Waals surface area contributed by atoms with Gasteiger partial charge in [0.15, 0.2) is 0 Å². The molecule has 1 atom stereocenters. The molecular formula is C15H24N2O. The average molecular weight is 248 g/mol. The molecule has 3 heteroatoms. The Morgan fingerprint density at radius 2 is 2.06 bits per heavy atom. The highest BCUT2D eigenvalue weighted by molar-refractivity contribution is 5.44. The zero-order valence-corrected chi connectivity index (χ0v) is 11.5. The molecule has 0 radical (unpaired) electrons. The smallest absolute Gasteiger partial charge is 0.0511 e. The molecule has 0 spiro atoms. The van der Waals surface area contributed by atoms with Gasteiger partial charge in [0.1, 0.15) is 0 Å². The van der Waals surface area contributed by atoms with E-state index in [9.17, 15) is 0 Å². The van der Waals surface area contributed by atoms with Gasteiger partial charge in [-0.1, -0.05) is 12.1 Å². The Morgan fingerprint density at radius 1 is 1.28 bits per heavy atom. The molecule has 0 aromatic heterocycles. The minimum atomic E-state index is 0.667. The number of hydrogen-bond donors (Lipinski definition) is 1. The van der Waals surface area contributed by atoms with Crippen LogP contribution in [0.15, 0.2) is 24.3 Å². The average Bonchev–Trinajstić information content (AvgIpc) is 2.38. The zero-order chi connectivity index (χ0) is 12.8. The van der Waals surface area contributed by atoms with Gasteiger partial charge in [-0.25, -0.2) is 0 Å². The summed E-state index contributed by atoms with van der Waals surface area (Å²) in [5.41, 5.74) is 2.56. The third kappa shape index (κ3) is 4.31. The molecule has 1 unspecified atom stereocenters. The molecule has 1 heterocycles. The maximum Gasteiger partial charge on any atom is 0.0511 e. The SMILES string of the molecule is CN(C)Cc1ccc(NCC2CCCOC2)cc1. The predicted molar refractivity (Wildman–Crippen MR) is 75.9 cm³/mol. The minimum Gasteiger partial charge on any atom is -0.385 e. The van der Waals surface area contributed by atoms with Crippen LogP contribution in [0.3, 0.4) is 0 Å². The van der Waals surface area contributed by atoms with E-state index in [0.717, 1.165) is 26.3 Å². The summed E-state index contributed by atoms with van der Waals surface area (Å²) in [5, 5.41) is 3.50. The summed E-state index contributed by atoms with van der Waals surface area (Å²) in [6.07, 6.45) is 2.49. The van der Waals surface area contributed by atoms with Crippen LogP contribution in [0.2, 0.25) is 0 Å². The molecule has 0 aliphatic carbocycles. The fraction of sp³-hybridized carbons (Fsp3) is 0.600. The minimum absolute atomic E-state index is 0.667. The van der Waals surface area contributed by atoms with Crippen molar-refractivity contribution in [1.82, 2.24) is 4.90 Å². The summed E-state index contributed by atoms with van der Waals surface area (Å²) in [6.45, 7) is 3.87. The summed E-state index contributed by atoms with van der Waals surface area (Å²) in [4.78, 5) is 2.18. The predicted octanol–water partition coefficient (Wildman–Crippen LogP) is 2.59. The molecule has 0 amide bonds. The summed E-state index contributed by atoms with van der Waals surface area (Å²) < 4.78 is 5.49. The number of rotatable bonds is 5. The topological polar surface area (TPSA) is 24.5 Å². The van der Waals surface area contributed by atoms with Crippen LogP contribution in [0.5, 0.6) is 0 Å². The van der Waals surface area contributed by atoms with Crippen molar-refractivity contribution >= 4 is 5.69 Å². The van der Waals surface area contributed by atoms with Gasteiger partial charge in [-0.05, 0) is 50.6 Å². The Hall–Kier alpha value is -1.06. The van der Waals surface area contributed by atoms with Gasteiger partial charge in [0, 0.05) is 25.4 Å². The molecule has 3 nitrogen and oxygen atoms in total. The first-order valence-electron chi connectivity index (χ1n) is 6.79. The second kappa shape index (κ2) is 6.76. The lowest BCUT2D eigenvalue weighted by Crippen LogP contribution is -2.24. The Labute approximate surface area is 110 Å². The van der Waals surface area contributed by atoms with Crippen molar-refractivity contribution in [3.8, 4) is 0 Å². The molecule has 1 aliphatic rings. The molecule has 2 rings (SSSR count). The van der Waals surface area contributed by atoms with E-state index in [1.807, 2.05) is 0 Å². The van der Waals surface area contributed by atoms with E-state index in [4.69, 9.17) is 4.74 Å². The van der Waals surface area contributed by atoms with Gasteiger partial charge in [0.2, 0.25) is 0 Å². The van der Waals surface area contributed by atoms with Gasteiger partial charge < -0.3 is 15.0 Å². The third-order valence-electron chi connectivity index (χ3n) is 3.30. The highest BCUT2D eigenvalue weighted by atomic mass is 16.5. The van der Waals surface area contributed by atoms with Crippen molar-refractivity contribution in [2.45, 2.75) is 19.4 Å². The first kappa shape index (κ1) is 13.4. The quantitative estimate of drug-likeness (QED) is 0.867. The molecule has 1 fully saturated rings. The van der Waals surface area contributed by atoms with Crippen LogP contribution in [0, 0.1) is 5.92 Å². The Bertz CT molecular complexity index is 342. The molecule has 1 saturated heterocycles. The molecule has 1 aliphatic heterocycles. The van der Waals surface area contributed by atoms with Crippen LogP contribution in [0.1, 0.15) is 18.4 Å². The Morgan fingerprint density at radius 3 is 2.67 bits per heavy atom. The summed E-state index contributed by atoms with van der Waals surface area (Å²) >= 11 is 0. The van der Waals surface area contributed by atoms with E-state index in [-0.39, 0.29) is 0 Å². The van der Waals surface area contributed by atoms with Crippen molar-refractivity contribution in [1.29, 1.82) is 0 Å².